The number of aromatic amines is 1. The highest BCUT2D eigenvalue weighted by molar-refractivity contribution is 5.85. The topological polar surface area (TPSA) is 48.5 Å². The van der Waals surface area contributed by atoms with Gasteiger partial charge in [0.05, 0.1) is 0 Å². The average molecular weight is 328 g/mol. The van der Waals surface area contributed by atoms with Crippen molar-refractivity contribution in [3.8, 4) is 5.75 Å². The van der Waals surface area contributed by atoms with Crippen LogP contribution in [-0.2, 0) is 6.54 Å². The van der Waals surface area contributed by atoms with E-state index in [0.29, 0.717) is 13.1 Å². The first-order valence-corrected chi connectivity index (χ1v) is 7.92. The molecule has 0 bridgehead atoms. The van der Waals surface area contributed by atoms with Crippen molar-refractivity contribution in [2.24, 2.45) is 0 Å². The number of aromatic nitrogens is 1. The van der Waals surface area contributed by atoms with E-state index in [1.165, 1.54) is 12.1 Å². The summed E-state index contributed by atoms with van der Waals surface area (Å²) >= 11 is 0. The van der Waals surface area contributed by atoms with Crippen LogP contribution in [0.5, 0.6) is 5.75 Å². The molecule has 1 atom stereocenters. The maximum atomic E-state index is 13.2. The van der Waals surface area contributed by atoms with Crippen LogP contribution in [0.15, 0.2) is 54.7 Å². The van der Waals surface area contributed by atoms with Crippen molar-refractivity contribution < 1.29 is 14.2 Å². The molecule has 2 aromatic carbocycles. The number of benzene rings is 2. The smallest absolute Gasteiger partial charge is 0.128 e. The van der Waals surface area contributed by atoms with Crippen LogP contribution < -0.4 is 4.74 Å². The summed E-state index contributed by atoms with van der Waals surface area (Å²) < 4.78 is 19.0. The second-order valence-electron chi connectivity index (χ2n) is 5.99. The zero-order valence-corrected chi connectivity index (χ0v) is 13.6. The molecule has 126 valence electrons. The monoisotopic (exact) mass is 328 g/mol. The molecule has 0 radical (unpaired) electrons. The van der Waals surface area contributed by atoms with Gasteiger partial charge < -0.3 is 14.8 Å². The highest BCUT2D eigenvalue weighted by Gasteiger charge is 2.11. The molecular weight excluding hydrogens is 307 g/mol. The van der Waals surface area contributed by atoms with Gasteiger partial charge in [-0.05, 0) is 42.9 Å². The van der Waals surface area contributed by atoms with Crippen LogP contribution in [0.3, 0.4) is 0 Å². The largest absolute Gasteiger partial charge is 0.490 e. The van der Waals surface area contributed by atoms with Gasteiger partial charge in [0.1, 0.15) is 24.3 Å². The first-order chi connectivity index (χ1) is 11.6. The van der Waals surface area contributed by atoms with Crippen LogP contribution >= 0.6 is 0 Å². The average Bonchev–Trinajstić information content (AvgIpc) is 3.02. The molecule has 4 nitrogen and oxygen atoms in total. The maximum absolute atomic E-state index is 13.2. The van der Waals surface area contributed by atoms with E-state index in [1.807, 2.05) is 48.5 Å². The van der Waals surface area contributed by atoms with Gasteiger partial charge >= 0.3 is 0 Å². The summed E-state index contributed by atoms with van der Waals surface area (Å²) in [7, 11) is 1.89. The van der Waals surface area contributed by atoms with E-state index in [2.05, 4.69) is 4.98 Å². The third-order valence-corrected chi connectivity index (χ3v) is 3.85. The molecule has 0 saturated heterocycles. The van der Waals surface area contributed by atoms with E-state index in [1.54, 1.807) is 6.07 Å². The van der Waals surface area contributed by atoms with Gasteiger partial charge in [-0.25, -0.2) is 4.39 Å². The van der Waals surface area contributed by atoms with Gasteiger partial charge in [-0.15, -0.1) is 0 Å². The lowest BCUT2D eigenvalue weighted by Gasteiger charge is -2.21. The molecule has 3 aromatic rings. The van der Waals surface area contributed by atoms with Crippen LogP contribution in [0.2, 0.25) is 0 Å². The Labute approximate surface area is 140 Å². The van der Waals surface area contributed by atoms with E-state index >= 15 is 0 Å². The number of halogens is 1. The third kappa shape index (κ3) is 4.13. The van der Waals surface area contributed by atoms with Crippen molar-refractivity contribution in [1.29, 1.82) is 0 Å². The standard InChI is InChI=1S/C19H21FN2O2/c1-22(11-14-4-2-5-15(20)10-14)12-16(23)13-24-19-7-3-6-18-17(19)8-9-21-18/h2-10,16,21,23H,11-13H2,1H3. The number of fused-ring (bicyclic) bond motifs is 1. The number of nitrogens with one attached hydrogen (secondary N) is 1. The van der Waals surface area contributed by atoms with Gasteiger partial charge in [-0.3, -0.25) is 4.90 Å². The van der Waals surface area contributed by atoms with Gasteiger partial charge in [-0.1, -0.05) is 18.2 Å². The number of hydrogen-bond acceptors (Lipinski definition) is 3. The Bertz CT molecular complexity index is 803. The number of aliphatic hydroxyl groups excluding tert-OH is 1. The van der Waals surface area contributed by atoms with Gasteiger partial charge in [0, 0.05) is 30.2 Å². The summed E-state index contributed by atoms with van der Waals surface area (Å²) in [6, 6.07) is 14.2. The number of H-pyrrole nitrogens is 1. The summed E-state index contributed by atoms with van der Waals surface area (Å²) in [6.45, 7) is 1.22. The predicted octanol–water partition coefficient (Wildman–Crippen LogP) is 3.18. The molecule has 0 aliphatic rings. The molecule has 0 spiro atoms. The Morgan fingerprint density at radius 3 is 2.88 bits per heavy atom. The number of nitrogens with zero attached hydrogens (tertiary/aromatic N) is 1. The molecule has 0 amide bonds. The molecule has 0 aliphatic carbocycles. The highest BCUT2D eigenvalue weighted by atomic mass is 19.1. The second kappa shape index (κ2) is 7.47. The normalized spacial score (nSPS) is 12.7. The van der Waals surface area contributed by atoms with Gasteiger partial charge in [0.15, 0.2) is 0 Å². The number of ether oxygens (including phenoxy) is 1. The first-order valence-electron chi connectivity index (χ1n) is 7.92. The molecule has 1 heterocycles. The van der Waals surface area contributed by atoms with Gasteiger partial charge in [0.2, 0.25) is 0 Å². The van der Waals surface area contributed by atoms with Crippen LogP contribution in [-0.4, -0.2) is 41.3 Å². The lowest BCUT2D eigenvalue weighted by molar-refractivity contribution is 0.0750. The molecule has 1 unspecified atom stereocenters. The number of likely N-dealkylation sites (N-methyl/N-ethyl adjacent to an activating group) is 1. The van der Waals surface area contributed by atoms with Gasteiger partial charge in [-0.2, -0.15) is 0 Å². The lowest BCUT2D eigenvalue weighted by atomic mass is 10.2. The lowest BCUT2D eigenvalue weighted by Crippen LogP contribution is -2.32. The maximum Gasteiger partial charge on any atom is 0.128 e. The minimum Gasteiger partial charge on any atom is -0.490 e. The Morgan fingerprint density at radius 1 is 1.21 bits per heavy atom. The fourth-order valence-electron chi connectivity index (χ4n) is 2.79. The van der Waals surface area contributed by atoms with Crippen LogP contribution in [0.4, 0.5) is 4.39 Å². The summed E-state index contributed by atoms with van der Waals surface area (Å²) in [4.78, 5) is 5.07. The summed E-state index contributed by atoms with van der Waals surface area (Å²) in [5, 5.41) is 11.2. The summed E-state index contributed by atoms with van der Waals surface area (Å²) in [5.41, 5.74) is 1.88. The van der Waals surface area contributed by atoms with Crippen molar-refractivity contribution >= 4 is 10.9 Å². The third-order valence-electron chi connectivity index (χ3n) is 3.85. The number of rotatable bonds is 7. The molecule has 5 heteroatoms. The predicted molar refractivity (Wildman–Crippen MR) is 92.5 cm³/mol. The van der Waals surface area contributed by atoms with E-state index in [4.69, 9.17) is 4.74 Å². The zero-order chi connectivity index (χ0) is 16.9. The molecule has 1 aromatic heterocycles. The van der Waals surface area contributed by atoms with Crippen LogP contribution in [0, 0.1) is 5.82 Å². The molecule has 0 aliphatic heterocycles. The van der Waals surface area contributed by atoms with E-state index < -0.39 is 6.10 Å². The Kier molecular flexibility index (Phi) is 5.13. The van der Waals surface area contributed by atoms with E-state index in [9.17, 15) is 9.50 Å². The quantitative estimate of drug-likeness (QED) is 0.700. The van der Waals surface area contributed by atoms with Gasteiger partial charge in [0.25, 0.3) is 0 Å². The fourth-order valence-corrected chi connectivity index (χ4v) is 2.79. The van der Waals surface area contributed by atoms with Crippen LogP contribution in [0.25, 0.3) is 10.9 Å². The number of hydrogen-bond donors (Lipinski definition) is 2. The minimum atomic E-state index is -0.627. The van der Waals surface area contributed by atoms with Crippen molar-refractivity contribution in [3.63, 3.8) is 0 Å². The Morgan fingerprint density at radius 2 is 2.04 bits per heavy atom. The molecule has 0 saturated carbocycles. The molecule has 24 heavy (non-hydrogen) atoms. The molecular formula is C19H21FN2O2. The molecule has 0 fully saturated rings. The van der Waals surface area contributed by atoms with Crippen LogP contribution in [0.1, 0.15) is 5.56 Å². The van der Waals surface area contributed by atoms with E-state index in [0.717, 1.165) is 22.2 Å². The first kappa shape index (κ1) is 16.5. The SMILES string of the molecule is CN(Cc1cccc(F)c1)CC(O)COc1cccc2[nH]ccc12. The van der Waals surface area contributed by atoms with Crippen molar-refractivity contribution in [1.82, 2.24) is 9.88 Å². The molecule has 3 rings (SSSR count). The van der Waals surface area contributed by atoms with Crippen molar-refractivity contribution in [2.45, 2.75) is 12.6 Å². The summed E-state index contributed by atoms with van der Waals surface area (Å²) in [6.07, 6.45) is 1.23. The minimum absolute atomic E-state index is 0.206. The number of aliphatic hydroxyl groups is 1. The van der Waals surface area contributed by atoms with Crippen molar-refractivity contribution in [3.05, 3.63) is 66.1 Å². The highest BCUT2D eigenvalue weighted by Crippen LogP contribution is 2.24. The van der Waals surface area contributed by atoms with Crippen molar-refractivity contribution in [2.75, 3.05) is 20.2 Å². The fraction of sp³-hybridized carbons (Fsp3) is 0.263. The second-order valence-corrected chi connectivity index (χ2v) is 5.99. The summed E-state index contributed by atoms with van der Waals surface area (Å²) in [5.74, 6) is 0.505. The Hall–Kier alpha value is -2.37. The molecule has 2 N–H and O–H groups in total. The van der Waals surface area contributed by atoms with E-state index in [-0.39, 0.29) is 12.4 Å². The Balaban J connectivity index is 1.52. The zero-order valence-electron chi connectivity index (χ0n) is 13.6.